The van der Waals surface area contributed by atoms with Gasteiger partial charge in [0.05, 0.1) is 5.60 Å². The summed E-state index contributed by atoms with van der Waals surface area (Å²) >= 11 is 0. The first-order valence-corrected chi connectivity index (χ1v) is 5.38. The van der Waals surface area contributed by atoms with Gasteiger partial charge in [0.2, 0.25) is 0 Å². The van der Waals surface area contributed by atoms with Crippen molar-refractivity contribution < 1.29 is 17.7 Å². The summed E-state index contributed by atoms with van der Waals surface area (Å²) in [6.07, 6.45) is 0. The summed E-state index contributed by atoms with van der Waals surface area (Å²) in [7, 11) is 1.70. The zero-order valence-electron chi connectivity index (χ0n) is 8.63. The Kier molecular flexibility index (Phi) is 4.36. The quantitative estimate of drug-likeness (QED) is 0.630. The van der Waals surface area contributed by atoms with Crippen LogP contribution in [0, 0.1) is 0 Å². The molecule has 4 nitrogen and oxygen atoms in total. The highest BCUT2D eigenvalue weighted by atomic mass is 28.4. The first-order chi connectivity index (χ1) is 5.39. The van der Waals surface area contributed by atoms with E-state index in [-0.39, 0.29) is 5.60 Å². The standard InChI is InChI=1S/C7H18O4Si/c1-7(2,3)11-12(8-4,9-5)10-6/h1-6H3. The third-order valence-electron chi connectivity index (χ3n) is 1.18. The summed E-state index contributed by atoms with van der Waals surface area (Å²) in [6.45, 7) is 5.77. The van der Waals surface area contributed by atoms with E-state index in [9.17, 15) is 0 Å². The smallest absolute Gasteiger partial charge is 0.355 e. The van der Waals surface area contributed by atoms with Crippen LogP contribution in [-0.4, -0.2) is 36.0 Å². The van der Waals surface area contributed by atoms with Gasteiger partial charge in [-0.15, -0.1) is 0 Å². The summed E-state index contributed by atoms with van der Waals surface area (Å²) < 4.78 is 20.8. The van der Waals surface area contributed by atoms with Crippen LogP contribution in [-0.2, 0) is 17.7 Å². The predicted molar refractivity (Wildman–Crippen MR) is 47.6 cm³/mol. The summed E-state index contributed by atoms with van der Waals surface area (Å²) in [5.74, 6) is 0. The molecule has 0 fully saturated rings. The summed E-state index contributed by atoms with van der Waals surface area (Å²) in [5.41, 5.74) is -0.325. The Morgan fingerprint density at radius 1 is 0.833 bits per heavy atom. The van der Waals surface area contributed by atoms with Crippen LogP contribution < -0.4 is 0 Å². The van der Waals surface area contributed by atoms with E-state index in [1.54, 1.807) is 0 Å². The molecular weight excluding hydrogens is 176 g/mol. The van der Waals surface area contributed by atoms with E-state index in [4.69, 9.17) is 17.7 Å². The van der Waals surface area contributed by atoms with Crippen LogP contribution in [0.25, 0.3) is 0 Å². The summed E-state index contributed by atoms with van der Waals surface area (Å²) in [5, 5.41) is 0. The molecule has 0 atom stereocenters. The minimum Gasteiger partial charge on any atom is -0.355 e. The molecule has 0 aliphatic heterocycles. The molecule has 0 aromatic carbocycles. The van der Waals surface area contributed by atoms with Gasteiger partial charge in [-0.2, -0.15) is 0 Å². The second-order valence-corrected chi connectivity index (χ2v) is 5.76. The topological polar surface area (TPSA) is 36.9 Å². The van der Waals surface area contributed by atoms with Gasteiger partial charge in [-0.05, 0) is 20.8 Å². The first-order valence-electron chi connectivity index (χ1n) is 3.75. The molecule has 0 spiro atoms. The van der Waals surface area contributed by atoms with Gasteiger partial charge >= 0.3 is 9.05 Å². The average Bonchev–Trinajstić information content (AvgIpc) is 1.99. The van der Waals surface area contributed by atoms with Gasteiger partial charge in [0, 0.05) is 21.3 Å². The molecule has 0 aliphatic carbocycles. The van der Waals surface area contributed by atoms with E-state index >= 15 is 0 Å². The molecule has 0 aromatic heterocycles. The molecule has 0 rings (SSSR count). The monoisotopic (exact) mass is 194 g/mol. The van der Waals surface area contributed by atoms with Crippen LogP contribution >= 0.6 is 0 Å². The Bertz CT molecular complexity index is 120. The highest BCUT2D eigenvalue weighted by Gasteiger charge is 2.45. The lowest BCUT2D eigenvalue weighted by Crippen LogP contribution is -2.51. The van der Waals surface area contributed by atoms with Gasteiger partial charge in [-0.3, -0.25) is 0 Å². The lowest BCUT2D eigenvalue weighted by Gasteiger charge is -2.30. The zero-order chi connectivity index (χ0) is 9.83. The molecule has 0 aliphatic rings. The van der Waals surface area contributed by atoms with Gasteiger partial charge in [-0.1, -0.05) is 0 Å². The molecule has 0 amide bonds. The van der Waals surface area contributed by atoms with Crippen molar-refractivity contribution >= 4 is 9.05 Å². The van der Waals surface area contributed by atoms with E-state index < -0.39 is 9.05 Å². The average molecular weight is 194 g/mol. The van der Waals surface area contributed by atoms with E-state index in [2.05, 4.69) is 0 Å². The van der Waals surface area contributed by atoms with Crippen LogP contribution in [0.1, 0.15) is 20.8 Å². The minimum absolute atomic E-state index is 0.325. The molecule has 12 heavy (non-hydrogen) atoms. The van der Waals surface area contributed by atoms with E-state index in [0.717, 1.165) is 0 Å². The van der Waals surface area contributed by atoms with Crippen LogP contribution in [0.15, 0.2) is 0 Å². The van der Waals surface area contributed by atoms with Crippen molar-refractivity contribution in [2.24, 2.45) is 0 Å². The molecule has 74 valence electrons. The fourth-order valence-corrected chi connectivity index (χ4v) is 2.25. The van der Waals surface area contributed by atoms with Crippen LogP contribution in [0.4, 0.5) is 0 Å². The van der Waals surface area contributed by atoms with Crippen molar-refractivity contribution in [2.75, 3.05) is 21.3 Å². The van der Waals surface area contributed by atoms with Crippen molar-refractivity contribution in [3.05, 3.63) is 0 Å². The predicted octanol–water partition coefficient (Wildman–Crippen LogP) is 1.18. The molecule has 0 bridgehead atoms. The van der Waals surface area contributed by atoms with Gasteiger partial charge < -0.3 is 17.7 Å². The fraction of sp³-hybridized carbons (Fsp3) is 1.00. The largest absolute Gasteiger partial charge is 0.679 e. The van der Waals surface area contributed by atoms with Crippen molar-refractivity contribution in [1.29, 1.82) is 0 Å². The SMILES string of the molecule is CO[Si](OC)(OC)OC(C)(C)C. The maximum absolute atomic E-state index is 5.55. The maximum atomic E-state index is 5.55. The second-order valence-electron chi connectivity index (χ2n) is 3.33. The minimum atomic E-state index is -2.85. The first kappa shape index (κ1) is 12.1. The van der Waals surface area contributed by atoms with Crippen molar-refractivity contribution in [3.63, 3.8) is 0 Å². The molecule has 0 saturated heterocycles. The van der Waals surface area contributed by atoms with E-state index in [0.29, 0.717) is 0 Å². The van der Waals surface area contributed by atoms with Gasteiger partial charge in [0.1, 0.15) is 0 Å². The second kappa shape index (κ2) is 4.34. The van der Waals surface area contributed by atoms with Crippen LogP contribution in [0.3, 0.4) is 0 Å². The highest BCUT2D eigenvalue weighted by Crippen LogP contribution is 2.17. The van der Waals surface area contributed by atoms with Crippen LogP contribution in [0.5, 0.6) is 0 Å². The van der Waals surface area contributed by atoms with Gasteiger partial charge in [-0.25, -0.2) is 0 Å². The number of hydrogen-bond donors (Lipinski definition) is 0. The third kappa shape index (κ3) is 3.64. The lowest BCUT2D eigenvalue weighted by atomic mass is 10.2. The Hall–Kier alpha value is 0.0569. The molecule has 0 aromatic rings. The molecular formula is C7H18O4Si. The Morgan fingerprint density at radius 3 is 1.25 bits per heavy atom. The van der Waals surface area contributed by atoms with Crippen molar-refractivity contribution in [2.45, 2.75) is 26.4 Å². The van der Waals surface area contributed by atoms with Gasteiger partial charge in [0.25, 0.3) is 0 Å². The lowest BCUT2D eigenvalue weighted by molar-refractivity contribution is -0.0483. The van der Waals surface area contributed by atoms with Gasteiger partial charge in [0.15, 0.2) is 0 Å². The van der Waals surface area contributed by atoms with Crippen molar-refractivity contribution in [3.8, 4) is 0 Å². The summed E-state index contributed by atoms with van der Waals surface area (Å²) in [6, 6.07) is 0. The molecule has 0 saturated carbocycles. The van der Waals surface area contributed by atoms with E-state index in [1.807, 2.05) is 20.8 Å². The van der Waals surface area contributed by atoms with Crippen LogP contribution in [0.2, 0.25) is 0 Å². The molecule has 0 radical (unpaired) electrons. The molecule has 5 heteroatoms. The molecule has 0 N–H and O–H groups in total. The third-order valence-corrected chi connectivity index (χ3v) is 3.54. The Morgan fingerprint density at radius 2 is 1.17 bits per heavy atom. The highest BCUT2D eigenvalue weighted by molar-refractivity contribution is 6.53. The van der Waals surface area contributed by atoms with Crippen molar-refractivity contribution in [1.82, 2.24) is 0 Å². The zero-order valence-corrected chi connectivity index (χ0v) is 9.63. The van der Waals surface area contributed by atoms with E-state index in [1.165, 1.54) is 21.3 Å². The normalized spacial score (nSPS) is 13.5. The summed E-state index contributed by atoms with van der Waals surface area (Å²) in [4.78, 5) is 0. The Balaban J connectivity index is 4.30. The Labute approximate surface area is 75.3 Å². The number of hydrogen-bond acceptors (Lipinski definition) is 4. The fourth-order valence-electron chi connectivity index (χ4n) is 0.750. The maximum Gasteiger partial charge on any atom is 0.679 e. The molecule has 0 unspecified atom stereocenters. The number of rotatable bonds is 4. The molecule has 0 heterocycles.